The summed E-state index contributed by atoms with van der Waals surface area (Å²) in [6.45, 7) is 1.83. The maximum Gasteiger partial charge on any atom is 0.322 e. The van der Waals surface area contributed by atoms with E-state index in [-0.39, 0.29) is 5.91 Å². The fraction of sp³-hybridized carbons (Fsp3) is 0.300. The van der Waals surface area contributed by atoms with Crippen LogP contribution in [-0.4, -0.2) is 16.9 Å². The number of hydrogen-bond donors (Lipinski definition) is 2. The highest BCUT2D eigenvalue weighted by molar-refractivity contribution is 6.07. The van der Waals surface area contributed by atoms with Crippen LogP contribution >= 0.6 is 0 Å². The molecule has 1 aromatic heterocycles. The highest BCUT2D eigenvalue weighted by atomic mass is 16.2. The third-order valence-corrected chi connectivity index (χ3v) is 2.57. The van der Waals surface area contributed by atoms with Gasteiger partial charge in [-0.25, -0.2) is 4.79 Å². The summed E-state index contributed by atoms with van der Waals surface area (Å²) in [5.74, 6) is -0.339. The van der Waals surface area contributed by atoms with Crippen molar-refractivity contribution >= 4 is 11.9 Å². The number of imide groups is 1. The van der Waals surface area contributed by atoms with Gasteiger partial charge in [0.15, 0.2) is 5.54 Å². The van der Waals surface area contributed by atoms with Crippen molar-refractivity contribution < 1.29 is 9.59 Å². The molecule has 5 heteroatoms. The van der Waals surface area contributed by atoms with E-state index in [0.717, 1.165) is 0 Å². The Balaban J connectivity index is 2.47. The molecule has 1 aromatic rings. The zero-order chi connectivity index (χ0) is 10.9. The first-order valence-corrected chi connectivity index (χ1v) is 4.74. The fourth-order valence-corrected chi connectivity index (χ4v) is 1.72. The summed E-state index contributed by atoms with van der Waals surface area (Å²) >= 11 is 0. The molecule has 0 aliphatic carbocycles. The molecular weight excluding hydrogens is 194 g/mol. The third kappa shape index (κ3) is 1.36. The molecule has 5 nitrogen and oxygen atoms in total. The molecule has 2 N–H and O–H groups in total. The lowest BCUT2D eigenvalue weighted by Crippen LogP contribution is -2.43. The third-order valence-electron chi connectivity index (χ3n) is 2.57. The van der Waals surface area contributed by atoms with Crippen LogP contribution < -0.4 is 10.6 Å². The highest BCUT2D eigenvalue weighted by Crippen LogP contribution is 2.26. The molecule has 0 saturated carbocycles. The van der Waals surface area contributed by atoms with E-state index in [1.807, 2.05) is 6.92 Å². The van der Waals surface area contributed by atoms with E-state index in [1.165, 1.54) is 0 Å². The Morgan fingerprint density at radius 1 is 1.40 bits per heavy atom. The maximum absolute atomic E-state index is 11.7. The summed E-state index contributed by atoms with van der Waals surface area (Å²) in [5.41, 5.74) is -0.436. The van der Waals surface area contributed by atoms with Gasteiger partial charge < -0.3 is 5.32 Å². The van der Waals surface area contributed by atoms with Gasteiger partial charge >= 0.3 is 6.03 Å². The van der Waals surface area contributed by atoms with Crippen molar-refractivity contribution in [1.82, 2.24) is 15.6 Å². The Hall–Kier alpha value is -1.91. The standard InChI is InChI=1S/C10H11N3O2/c1-2-10(7-5-3-4-6-11-7)8(14)12-9(15)13-10/h3-6H,2H2,1H3,(H2,12,13,14,15)/t10-/m0/s1. The number of urea groups is 1. The molecule has 0 radical (unpaired) electrons. The number of hydrogen-bond acceptors (Lipinski definition) is 3. The number of amides is 3. The Bertz CT molecular complexity index is 404. The number of pyridine rings is 1. The number of rotatable bonds is 2. The number of carbonyl (C=O) groups excluding carboxylic acids is 2. The van der Waals surface area contributed by atoms with Gasteiger partial charge in [-0.3, -0.25) is 15.1 Å². The molecule has 2 rings (SSSR count). The molecule has 0 spiro atoms. The maximum atomic E-state index is 11.7. The zero-order valence-electron chi connectivity index (χ0n) is 8.28. The monoisotopic (exact) mass is 205 g/mol. The molecule has 0 unspecified atom stereocenters. The predicted octanol–water partition coefficient (Wildman–Crippen LogP) is 0.526. The lowest BCUT2D eigenvalue weighted by atomic mass is 9.92. The number of carbonyl (C=O) groups is 2. The Labute approximate surface area is 86.9 Å². The molecule has 0 aromatic carbocycles. The van der Waals surface area contributed by atoms with Gasteiger partial charge in [-0.2, -0.15) is 0 Å². The SMILES string of the molecule is CC[C@@]1(c2ccccn2)NC(=O)NC1=O. The van der Waals surface area contributed by atoms with Crippen LogP contribution in [0.15, 0.2) is 24.4 Å². The second-order valence-electron chi connectivity index (χ2n) is 3.38. The van der Waals surface area contributed by atoms with Crippen LogP contribution in [0.5, 0.6) is 0 Å². The topological polar surface area (TPSA) is 71.1 Å². The van der Waals surface area contributed by atoms with E-state index in [0.29, 0.717) is 12.1 Å². The van der Waals surface area contributed by atoms with E-state index in [4.69, 9.17) is 0 Å². The van der Waals surface area contributed by atoms with Gasteiger partial charge in [-0.1, -0.05) is 13.0 Å². The normalized spacial score (nSPS) is 24.9. The van der Waals surface area contributed by atoms with Crippen LogP contribution in [0.4, 0.5) is 4.79 Å². The first kappa shape index (κ1) is 9.64. The zero-order valence-corrected chi connectivity index (χ0v) is 8.28. The molecule has 1 saturated heterocycles. The van der Waals surface area contributed by atoms with Crippen molar-refractivity contribution in [3.05, 3.63) is 30.1 Å². The summed E-state index contributed by atoms with van der Waals surface area (Å²) in [5, 5.41) is 4.85. The quantitative estimate of drug-likeness (QED) is 0.692. The molecule has 78 valence electrons. The summed E-state index contributed by atoms with van der Waals surface area (Å²) in [7, 11) is 0. The Morgan fingerprint density at radius 2 is 2.20 bits per heavy atom. The van der Waals surface area contributed by atoms with Crippen LogP contribution in [0, 0.1) is 0 Å². The molecule has 1 atom stereocenters. The van der Waals surface area contributed by atoms with Crippen LogP contribution in [0.3, 0.4) is 0 Å². The highest BCUT2D eigenvalue weighted by Gasteiger charge is 2.47. The van der Waals surface area contributed by atoms with Crippen molar-refractivity contribution in [2.75, 3.05) is 0 Å². The van der Waals surface area contributed by atoms with Gasteiger partial charge in [0.05, 0.1) is 5.69 Å². The van der Waals surface area contributed by atoms with E-state index >= 15 is 0 Å². The minimum Gasteiger partial charge on any atom is -0.318 e. The number of nitrogens with zero attached hydrogens (tertiary/aromatic N) is 1. The molecular formula is C10H11N3O2. The fourth-order valence-electron chi connectivity index (χ4n) is 1.72. The molecule has 1 fully saturated rings. The van der Waals surface area contributed by atoms with Gasteiger partial charge in [-0.05, 0) is 18.6 Å². The van der Waals surface area contributed by atoms with Crippen molar-refractivity contribution in [1.29, 1.82) is 0 Å². The van der Waals surface area contributed by atoms with Gasteiger partial charge in [0.1, 0.15) is 0 Å². The predicted molar refractivity (Wildman–Crippen MR) is 52.9 cm³/mol. The number of aromatic nitrogens is 1. The Kier molecular flexibility index (Phi) is 2.15. The van der Waals surface area contributed by atoms with Crippen molar-refractivity contribution in [2.24, 2.45) is 0 Å². The molecule has 2 heterocycles. The van der Waals surface area contributed by atoms with Gasteiger partial charge in [0.2, 0.25) is 0 Å². The van der Waals surface area contributed by atoms with Gasteiger partial charge in [0, 0.05) is 6.20 Å². The summed E-state index contributed by atoms with van der Waals surface area (Å²) in [6, 6.07) is 4.82. The van der Waals surface area contributed by atoms with Crippen molar-refractivity contribution in [3.63, 3.8) is 0 Å². The Morgan fingerprint density at radius 3 is 2.67 bits per heavy atom. The van der Waals surface area contributed by atoms with Crippen LogP contribution in [0.2, 0.25) is 0 Å². The average molecular weight is 205 g/mol. The largest absolute Gasteiger partial charge is 0.322 e. The molecule has 1 aliphatic heterocycles. The second kappa shape index (κ2) is 3.34. The summed E-state index contributed by atoms with van der Waals surface area (Å²) in [4.78, 5) is 26.9. The number of nitrogens with one attached hydrogen (secondary N) is 2. The van der Waals surface area contributed by atoms with E-state index in [1.54, 1.807) is 24.4 Å². The van der Waals surface area contributed by atoms with Gasteiger partial charge in [-0.15, -0.1) is 0 Å². The lowest BCUT2D eigenvalue weighted by molar-refractivity contribution is -0.124. The van der Waals surface area contributed by atoms with E-state index in [9.17, 15) is 9.59 Å². The van der Waals surface area contributed by atoms with Gasteiger partial charge in [0.25, 0.3) is 5.91 Å². The van der Waals surface area contributed by atoms with E-state index < -0.39 is 11.6 Å². The second-order valence-corrected chi connectivity index (χ2v) is 3.38. The average Bonchev–Trinajstić information content (AvgIpc) is 2.56. The smallest absolute Gasteiger partial charge is 0.318 e. The van der Waals surface area contributed by atoms with Crippen molar-refractivity contribution in [2.45, 2.75) is 18.9 Å². The minimum absolute atomic E-state index is 0.339. The summed E-state index contributed by atoms with van der Waals surface area (Å²) < 4.78 is 0. The lowest BCUT2D eigenvalue weighted by Gasteiger charge is -2.23. The van der Waals surface area contributed by atoms with Crippen LogP contribution in [0.1, 0.15) is 19.0 Å². The molecule has 1 aliphatic rings. The first-order valence-electron chi connectivity index (χ1n) is 4.74. The molecule has 3 amide bonds. The van der Waals surface area contributed by atoms with Crippen molar-refractivity contribution in [3.8, 4) is 0 Å². The van der Waals surface area contributed by atoms with Crippen LogP contribution in [-0.2, 0) is 10.3 Å². The van der Waals surface area contributed by atoms with Crippen LogP contribution in [0.25, 0.3) is 0 Å². The summed E-state index contributed by atoms with van der Waals surface area (Å²) in [6.07, 6.45) is 2.08. The minimum atomic E-state index is -1.00. The molecule has 0 bridgehead atoms. The molecule has 15 heavy (non-hydrogen) atoms. The van der Waals surface area contributed by atoms with E-state index in [2.05, 4.69) is 15.6 Å². The first-order chi connectivity index (χ1) is 7.19.